The van der Waals surface area contributed by atoms with Crippen LogP contribution in [0.1, 0.15) is 114 Å². The van der Waals surface area contributed by atoms with Gasteiger partial charge in [0.25, 0.3) is 0 Å². The summed E-state index contributed by atoms with van der Waals surface area (Å²) in [5.41, 5.74) is 2.91. The molecule has 0 bridgehead atoms. The van der Waals surface area contributed by atoms with E-state index in [1.54, 1.807) is 0 Å². The highest BCUT2D eigenvalue weighted by Crippen LogP contribution is 2.16. The maximum Gasteiger partial charge on any atom is 0.305 e. The lowest BCUT2D eigenvalue weighted by atomic mass is 9.99. The summed E-state index contributed by atoms with van der Waals surface area (Å²) in [5, 5.41) is 0. The Hall–Kier alpha value is -1.57. The van der Waals surface area contributed by atoms with Gasteiger partial charge in [0.1, 0.15) is 0 Å². The molecule has 0 spiro atoms. The van der Waals surface area contributed by atoms with Crippen LogP contribution in [0.25, 0.3) is 6.08 Å². The van der Waals surface area contributed by atoms with Crippen LogP contribution in [0.4, 0.5) is 0 Å². The van der Waals surface area contributed by atoms with E-state index in [0.29, 0.717) is 6.42 Å². The molecule has 1 aromatic rings. The number of rotatable bonds is 18. The standard InChI is InChI=1S/C27H44O2/c1-3-4-5-6-12-15-20-25-22-18-19-23-26(25)21-16-13-10-8-7-9-11-14-17-24-27(28)29-2/h16,18-19,21-23H,3-15,17,20,24H2,1-2H3. The van der Waals surface area contributed by atoms with E-state index in [4.69, 9.17) is 0 Å². The summed E-state index contributed by atoms with van der Waals surface area (Å²) in [6.45, 7) is 2.28. The summed E-state index contributed by atoms with van der Waals surface area (Å²) in [5.74, 6) is -0.0784. The molecule has 0 heterocycles. The zero-order chi connectivity index (χ0) is 21.0. The molecular formula is C27H44O2. The highest BCUT2D eigenvalue weighted by molar-refractivity contribution is 5.68. The highest BCUT2D eigenvalue weighted by Gasteiger charge is 2.00. The molecule has 29 heavy (non-hydrogen) atoms. The summed E-state index contributed by atoms with van der Waals surface area (Å²) in [4.78, 5) is 11.0. The van der Waals surface area contributed by atoms with Gasteiger partial charge in [-0.15, -0.1) is 0 Å². The van der Waals surface area contributed by atoms with Crippen molar-refractivity contribution < 1.29 is 9.53 Å². The number of hydrogen-bond acceptors (Lipinski definition) is 2. The van der Waals surface area contributed by atoms with E-state index < -0.39 is 0 Å². The minimum Gasteiger partial charge on any atom is -0.469 e. The van der Waals surface area contributed by atoms with Crippen molar-refractivity contribution in [2.45, 2.75) is 110 Å². The lowest BCUT2D eigenvalue weighted by Gasteiger charge is -2.06. The van der Waals surface area contributed by atoms with Crippen molar-refractivity contribution in [1.29, 1.82) is 0 Å². The first-order chi connectivity index (χ1) is 14.3. The van der Waals surface area contributed by atoms with Crippen LogP contribution < -0.4 is 0 Å². The van der Waals surface area contributed by atoms with Gasteiger partial charge in [-0.3, -0.25) is 4.79 Å². The summed E-state index contributed by atoms with van der Waals surface area (Å²) >= 11 is 0. The Morgan fingerprint density at radius 1 is 0.828 bits per heavy atom. The fraction of sp³-hybridized carbons (Fsp3) is 0.667. The maximum absolute atomic E-state index is 11.0. The zero-order valence-corrected chi connectivity index (χ0v) is 19.1. The van der Waals surface area contributed by atoms with Gasteiger partial charge < -0.3 is 4.74 Å². The summed E-state index contributed by atoms with van der Waals surface area (Å²) < 4.78 is 4.66. The molecule has 0 aliphatic rings. The minimum atomic E-state index is -0.0784. The molecular weight excluding hydrogens is 356 g/mol. The second kappa shape index (κ2) is 18.5. The van der Waals surface area contributed by atoms with Crippen LogP contribution in [0.3, 0.4) is 0 Å². The summed E-state index contributed by atoms with van der Waals surface area (Å²) in [6.07, 6.45) is 24.3. The van der Waals surface area contributed by atoms with Crippen LogP contribution in [-0.4, -0.2) is 13.1 Å². The molecule has 164 valence electrons. The lowest BCUT2D eigenvalue weighted by molar-refractivity contribution is -0.140. The second-order valence-corrected chi connectivity index (χ2v) is 8.21. The first kappa shape index (κ1) is 25.5. The average molecular weight is 401 g/mol. The first-order valence-electron chi connectivity index (χ1n) is 12.1. The minimum absolute atomic E-state index is 0.0784. The van der Waals surface area contributed by atoms with Gasteiger partial charge in [-0.25, -0.2) is 0 Å². The Bertz CT molecular complexity index is 547. The number of carbonyl (C=O) groups is 1. The number of hydrogen-bond donors (Lipinski definition) is 0. The Morgan fingerprint density at radius 2 is 1.45 bits per heavy atom. The van der Waals surface area contributed by atoms with Crippen molar-refractivity contribution in [3.63, 3.8) is 0 Å². The predicted molar refractivity (Wildman–Crippen MR) is 126 cm³/mol. The van der Waals surface area contributed by atoms with Crippen molar-refractivity contribution >= 4 is 12.0 Å². The molecule has 0 aliphatic carbocycles. The summed E-state index contributed by atoms with van der Waals surface area (Å²) in [7, 11) is 1.46. The third kappa shape index (κ3) is 14.1. The zero-order valence-electron chi connectivity index (χ0n) is 19.1. The third-order valence-electron chi connectivity index (χ3n) is 5.63. The maximum atomic E-state index is 11.0. The van der Waals surface area contributed by atoms with Gasteiger partial charge in [0.05, 0.1) is 7.11 Å². The van der Waals surface area contributed by atoms with E-state index in [-0.39, 0.29) is 5.97 Å². The van der Waals surface area contributed by atoms with Crippen LogP contribution in [0.5, 0.6) is 0 Å². The number of aryl methyl sites for hydroxylation is 1. The van der Waals surface area contributed by atoms with Crippen molar-refractivity contribution in [1.82, 2.24) is 0 Å². The van der Waals surface area contributed by atoms with E-state index in [1.165, 1.54) is 102 Å². The van der Waals surface area contributed by atoms with E-state index in [1.807, 2.05) is 0 Å². The SMILES string of the molecule is CCCCCCCCc1ccccc1C=CCCCCCCCCCC(=O)OC. The molecule has 0 radical (unpaired) electrons. The molecule has 0 N–H and O–H groups in total. The Morgan fingerprint density at radius 3 is 2.17 bits per heavy atom. The lowest BCUT2D eigenvalue weighted by Crippen LogP contribution is -1.99. The molecule has 1 rings (SSSR count). The quantitative estimate of drug-likeness (QED) is 0.183. The van der Waals surface area contributed by atoms with Gasteiger partial charge in [-0.2, -0.15) is 0 Å². The molecule has 0 saturated carbocycles. The number of carbonyl (C=O) groups excluding carboxylic acids is 1. The molecule has 0 unspecified atom stereocenters. The smallest absolute Gasteiger partial charge is 0.305 e. The summed E-state index contributed by atoms with van der Waals surface area (Å²) in [6, 6.07) is 8.89. The van der Waals surface area contributed by atoms with Gasteiger partial charge in [-0.05, 0) is 43.2 Å². The number of unbranched alkanes of at least 4 members (excludes halogenated alkanes) is 12. The highest BCUT2D eigenvalue weighted by atomic mass is 16.5. The van der Waals surface area contributed by atoms with Crippen molar-refractivity contribution in [2.24, 2.45) is 0 Å². The number of benzene rings is 1. The fourth-order valence-electron chi connectivity index (χ4n) is 3.75. The third-order valence-corrected chi connectivity index (χ3v) is 5.63. The largest absolute Gasteiger partial charge is 0.469 e. The molecule has 0 atom stereocenters. The van der Waals surface area contributed by atoms with Crippen LogP contribution >= 0.6 is 0 Å². The predicted octanol–water partition coefficient (Wildman–Crippen LogP) is 8.29. The van der Waals surface area contributed by atoms with Gasteiger partial charge in [0, 0.05) is 6.42 Å². The van der Waals surface area contributed by atoms with Crippen LogP contribution in [-0.2, 0) is 16.0 Å². The van der Waals surface area contributed by atoms with Crippen molar-refractivity contribution in [2.75, 3.05) is 7.11 Å². The first-order valence-corrected chi connectivity index (χ1v) is 12.1. The Balaban J connectivity index is 2.09. The fourth-order valence-corrected chi connectivity index (χ4v) is 3.75. The average Bonchev–Trinajstić information content (AvgIpc) is 2.75. The van der Waals surface area contributed by atoms with Gasteiger partial charge >= 0.3 is 5.97 Å². The monoisotopic (exact) mass is 400 g/mol. The Kier molecular flexibility index (Phi) is 16.2. The number of esters is 1. The number of allylic oxidation sites excluding steroid dienone is 1. The van der Waals surface area contributed by atoms with E-state index in [2.05, 4.69) is 48.1 Å². The van der Waals surface area contributed by atoms with Gasteiger partial charge in [-0.1, -0.05) is 108 Å². The van der Waals surface area contributed by atoms with Gasteiger partial charge in [0.2, 0.25) is 0 Å². The molecule has 0 fully saturated rings. The molecule has 0 saturated heterocycles. The molecule has 1 aromatic carbocycles. The van der Waals surface area contributed by atoms with Gasteiger partial charge in [0.15, 0.2) is 0 Å². The Labute approximate surface area is 180 Å². The van der Waals surface area contributed by atoms with E-state index >= 15 is 0 Å². The molecule has 0 aromatic heterocycles. The van der Waals surface area contributed by atoms with Crippen LogP contribution in [0.15, 0.2) is 30.3 Å². The number of methoxy groups -OCH3 is 1. The van der Waals surface area contributed by atoms with Crippen LogP contribution in [0.2, 0.25) is 0 Å². The van der Waals surface area contributed by atoms with E-state index in [9.17, 15) is 4.79 Å². The van der Waals surface area contributed by atoms with Crippen molar-refractivity contribution in [3.05, 3.63) is 41.5 Å². The van der Waals surface area contributed by atoms with Crippen LogP contribution in [0, 0.1) is 0 Å². The van der Waals surface area contributed by atoms with Crippen molar-refractivity contribution in [3.8, 4) is 0 Å². The molecule has 0 amide bonds. The molecule has 0 aliphatic heterocycles. The normalized spacial score (nSPS) is 11.2. The van der Waals surface area contributed by atoms with E-state index in [0.717, 1.165) is 12.8 Å². The topological polar surface area (TPSA) is 26.3 Å². The number of ether oxygens (including phenoxy) is 1. The molecule has 2 nitrogen and oxygen atoms in total. The second-order valence-electron chi connectivity index (χ2n) is 8.21. The molecule has 2 heteroatoms.